The minimum Gasteiger partial charge on any atom is -0.507 e. The summed E-state index contributed by atoms with van der Waals surface area (Å²) in [6.45, 7) is 10.5. The maximum Gasteiger partial charge on any atom is 0.320 e. The molecule has 14 heteroatoms. The Hall–Kier alpha value is -5.50. The third-order valence-electron chi connectivity index (χ3n) is 12.7. The fourth-order valence-corrected chi connectivity index (χ4v) is 9.81. The Kier molecular flexibility index (Phi) is 9.39. The number of aromatic amines is 1. The Morgan fingerprint density at radius 3 is 2.41 bits per heavy atom. The Labute approximate surface area is 325 Å². The maximum absolute atomic E-state index is 14.1. The van der Waals surface area contributed by atoms with E-state index in [2.05, 4.69) is 55.1 Å². The number of anilines is 1. The number of urea groups is 1. The van der Waals surface area contributed by atoms with Gasteiger partial charge in [-0.2, -0.15) is 0 Å². The molecular formula is C42H49N9O5. The second kappa shape index (κ2) is 14.5. The Morgan fingerprint density at radius 1 is 0.875 bits per heavy atom. The fourth-order valence-electron chi connectivity index (χ4n) is 9.81. The van der Waals surface area contributed by atoms with Crippen molar-refractivity contribution in [3.8, 4) is 17.0 Å². The molecule has 7 heterocycles. The lowest BCUT2D eigenvalue weighted by atomic mass is 9.94. The summed E-state index contributed by atoms with van der Waals surface area (Å²) in [5, 5.41) is 22.6. The van der Waals surface area contributed by atoms with E-state index >= 15 is 0 Å². The van der Waals surface area contributed by atoms with Gasteiger partial charge in [0.05, 0.1) is 5.69 Å². The number of nitrogens with zero attached hydrogens (tertiary/aromatic N) is 7. The van der Waals surface area contributed by atoms with Gasteiger partial charge >= 0.3 is 6.03 Å². The number of benzene rings is 2. The van der Waals surface area contributed by atoms with E-state index in [4.69, 9.17) is 0 Å². The van der Waals surface area contributed by atoms with E-state index in [9.17, 15) is 24.3 Å². The predicted molar refractivity (Wildman–Crippen MR) is 210 cm³/mol. The van der Waals surface area contributed by atoms with Gasteiger partial charge < -0.3 is 29.7 Å². The van der Waals surface area contributed by atoms with E-state index in [-0.39, 0.29) is 48.0 Å². The molecule has 2 aromatic heterocycles. The highest BCUT2D eigenvalue weighted by atomic mass is 16.3. The predicted octanol–water partition coefficient (Wildman–Crippen LogP) is 3.92. The largest absolute Gasteiger partial charge is 0.507 e. The summed E-state index contributed by atoms with van der Waals surface area (Å²) in [6, 6.07) is 14.9. The topological polar surface area (TPSA) is 158 Å². The van der Waals surface area contributed by atoms with Gasteiger partial charge in [0.25, 0.3) is 5.91 Å². The van der Waals surface area contributed by atoms with Gasteiger partial charge in [-0.15, -0.1) is 10.2 Å². The highest BCUT2D eigenvalue weighted by molar-refractivity contribution is 6.05. The van der Waals surface area contributed by atoms with Crippen LogP contribution < -0.4 is 10.2 Å². The minimum atomic E-state index is -0.607. The molecule has 0 unspecified atom stereocenters. The van der Waals surface area contributed by atoms with Crippen LogP contribution in [0.2, 0.25) is 0 Å². The lowest BCUT2D eigenvalue weighted by Gasteiger charge is -2.47. The van der Waals surface area contributed by atoms with Crippen molar-refractivity contribution in [2.45, 2.75) is 77.0 Å². The molecule has 2 aromatic carbocycles. The average Bonchev–Trinajstić information content (AvgIpc) is 3.61. The molecule has 14 nitrogen and oxygen atoms in total. The van der Waals surface area contributed by atoms with Crippen LogP contribution in [0.1, 0.15) is 66.7 Å². The maximum atomic E-state index is 14.1. The molecule has 0 spiro atoms. The number of phenolic OH excluding ortho intramolecular Hbond substituents is 1. The van der Waals surface area contributed by atoms with Gasteiger partial charge in [0.2, 0.25) is 11.8 Å². The molecule has 4 aromatic rings. The molecular weight excluding hydrogens is 711 g/mol. The molecule has 3 saturated heterocycles. The van der Waals surface area contributed by atoms with E-state index in [0.717, 1.165) is 80.0 Å². The van der Waals surface area contributed by atoms with Crippen molar-refractivity contribution >= 4 is 40.5 Å². The van der Waals surface area contributed by atoms with Gasteiger partial charge in [-0.05, 0) is 86.9 Å². The number of aromatic hydroxyl groups is 1. The number of nitrogens with one attached hydrogen (secondary N) is 2. The number of piperidine rings is 2. The van der Waals surface area contributed by atoms with Crippen LogP contribution >= 0.6 is 0 Å². The Balaban J connectivity index is 0.778. The number of para-hydroxylation sites is 1. The number of carbonyl (C=O) groups excluding carboxylic acids is 4. The molecule has 0 radical (unpaired) electrons. The van der Waals surface area contributed by atoms with E-state index < -0.39 is 6.04 Å². The normalized spacial score (nSPS) is 23.7. The Morgan fingerprint density at radius 2 is 1.64 bits per heavy atom. The molecule has 9 rings (SSSR count). The molecule has 3 fully saturated rings. The van der Waals surface area contributed by atoms with Crippen LogP contribution in [0, 0.1) is 5.92 Å². The first-order chi connectivity index (χ1) is 27.1. The molecule has 5 aliphatic heterocycles. The number of fused-ring (bicyclic) bond motifs is 4. The summed E-state index contributed by atoms with van der Waals surface area (Å²) in [4.78, 5) is 65.7. The number of carbonyl (C=O) groups is 4. The number of rotatable bonds is 5. The summed E-state index contributed by atoms with van der Waals surface area (Å²) in [5.74, 6) is -0.0829. The van der Waals surface area contributed by atoms with Crippen molar-refractivity contribution in [3.63, 3.8) is 0 Å². The molecule has 292 valence electrons. The summed E-state index contributed by atoms with van der Waals surface area (Å²) in [5.41, 5.74) is 6.88. The van der Waals surface area contributed by atoms with Crippen molar-refractivity contribution in [3.05, 3.63) is 70.9 Å². The van der Waals surface area contributed by atoms with Crippen molar-refractivity contribution in [1.29, 1.82) is 0 Å². The molecule has 5 amide bonds. The second-order valence-electron chi connectivity index (χ2n) is 16.4. The second-order valence-corrected chi connectivity index (χ2v) is 16.4. The Bertz CT molecular complexity index is 2200. The van der Waals surface area contributed by atoms with Crippen molar-refractivity contribution in [2.24, 2.45) is 5.92 Å². The zero-order valence-electron chi connectivity index (χ0n) is 32.0. The number of phenols is 1. The van der Waals surface area contributed by atoms with Gasteiger partial charge in [-0.3, -0.25) is 24.6 Å². The molecule has 3 N–H and O–H groups in total. The third kappa shape index (κ3) is 6.63. The summed E-state index contributed by atoms with van der Waals surface area (Å²) >= 11 is 0. The number of piperazine rings is 1. The fraction of sp³-hybridized carbons (Fsp3) is 0.476. The standard InChI is InChI=1S/C42H49N9O5/c1-25-21-47(23-27-11-15-48(16-12-27)29-8-7-28-24-50(41(55)32(28)19-29)36-9-10-38(53)44-40(36)54)22-26(2)51(25)42(56)49-17-13-30-33-20-35(31-5-3-4-6-37(31)52)45-46-39(33)43-34(30)14-18-49/h3-8,19-20,25-27,36,52H,9-18,21-24H2,1-2H3,(H,43,46)(H,44,53,54)/t25-,26+,36-/m0/s1. The first-order valence-corrected chi connectivity index (χ1v) is 20.1. The third-order valence-corrected chi connectivity index (χ3v) is 12.7. The van der Waals surface area contributed by atoms with Gasteiger partial charge in [-0.1, -0.05) is 18.2 Å². The molecule has 56 heavy (non-hydrogen) atoms. The van der Waals surface area contributed by atoms with E-state index in [1.54, 1.807) is 17.0 Å². The van der Waals surface area contributed by atoms with Crippen molar-refractivity contribution in [2.75, 3.05) is 50.7 Å². The highest BCUT2D eigenvalue weighted by Crippen LogP contribution is 2.34. The molecule has 0 aliphatic carbocycles. The van der Waals surface area contributed by atoms with Gasteiger partial charge in [0.1, 0.15) is 11.8 Å². The number of aromatic nitrogens is 3. The molecule has 0 bridgehead atoms. The van der Waals surface area contributed by atoms with Crippen molar-refractivity contribution in [1.82, 2.24) is 40.1 Å². The van der Waals surface area contributed by atoms with Crippen molar-refractivity contribution < 1.29 is 24.3 Å². The van der Waals surface area contributed by atoms with Gasteiger partial charge in [-0.25, -0.2) is 4.79 Å². The lowest BCUT2D eigenvalue weighted by molar-refractivity contribution is -0.136. The van der Waals surface area contributed by atoms with E-state index in [1.165, 1.54) is 5.56 Å². The first-order valence-electron chi connectivity index (χ1n) is 20.1. The number of hydrogen-bond donors (Lipinski definition) is 3. The molecule has 0 saturated carbocycles. The average molecular weight is 760 g/mol. The smallest absolute Gasteiger partial charge is 0.320 e. The minimum absolute atomic E-state index is 0.0910. The van der Waals surface area contributed by atoms with Crippen LogP contribution in [0.3, 0.4) is 0 Å². The summed E-state index contributed by atoms with van der Waals surface area (Å²) < 4.78 is 0. The zero-order valence-corrected chi connectivity index (χ0v) is 32.0. The number of H-pyrrole nitrogens is 1. The van der Waals surface area contributed by atoms with Crippen LogP contribution in [0.15, 0.2) is 48.5 Å². The summed E-state index contributed by atoms with van der Waals surface area (Å²) in [6.07, 6.45) is 4.15. The zero-order chi connectivity index (χ0) is 38.7. The van der Waals surface area contributed by atoms with Crippen LogP contribution in [0.5, 0.6) is 5.75 Å². The van der Waals surface area contributed by atoms with E-state index in [1.807, 2.05) is 35.2 Å². The monoisotopic (exact) mass is 759 g/mol. The number of hydrogen-bond acceptors (Lipinski definition) is 9. The van der Waals surface area contributed by atoms with Gasteiger partial charge in [0.15, 0.2) is 5.65 Å². The van der Waals surface area contributed by atoms with Gasteiger partial charge in [0, 0.05) is 105 Å². The quantitative estimate of drug-likeness (QED) is 0.257. The van der Waals surface area contributed by atoms with Crippen LogP contribution in [0.25, 0.3) is 22.3 Å². The number of imide groups is 1. The lowest BCUT2D eigenvalue weighted by Crippen LogP contribution is -2.62. The van der Waals surface area contributed by atoms with Crippen LogP contribution in [0.4, 0.5) is 10.5 Å². The molecule has 5 aliphatic rings. The van der Waals surface area contributed by atoms with Crippen LogP contribution in [-0.4, -0.2) is 128 Å². The van der Waals surface area contributed by atoms with Crippen LogP contribution in [-0.2, 0) is 29.0 Å². The highest BCUT2D eigenvalue weighted by Gasteiger charge is 2.40. The number of amides is 5. The SMILES string of the molecule is C[C@@H]1CN(CC2CCN(c3ccc4c(c3)C(=O)N([C@H]3CCC(=O)NC3=O)C4)CC2)C[C@H](C)N1C(=O)N1CCc2[nH]c3nnc(-c4ccccc4O)cc3c2CC1. The first kappa shape index (κ1) is 36.2. The summed E-state index contributed by atoms with van der Waals surface area (Å²) in [7, 11) is 0. The van der Waals surface area contributed by atoms with E-state index in [0.29, 0.717) is 55.2 Å². The molecule has 3 atom stereocenters.